The molecule has 1 aromatic heterocycles. The van der Waals surface area contributed by atoms with Crippen molar-refractivity contribution in [1.82, 2.24) is 19.8 Å². The molecule has 2 aliphatic heterocycles. The third kappa shape index (κ3) is 4.38. The number of hydrogen-bond donors (Lipinski definition) is 0. The molecule has 7 heteroatoms. The number of piperidine rings is 2. The summed E-state index contributed by atoms with van der Waals surface area (Å²) < 4.78 is 5.28. The summed E-state index contributed by atoms with van der Waals surface area (Å²) in [5, 5.41) is 0. The number of ether oxygens (including phenoxy) is 1. The molecule has 2 aliphatic rings. The molecule has 2 saturated heterocycles. The minimum absolute atomic E-state index is 0.00778. The molecule has 2 amide bonds. The molecule has 1 unspecified atom stereocenters. The number of hydrogen-bond acceptors (Lipinski definition) is 5. The van der Waals surface area contributed by atoms with E-state index >= 15 is 0 Å². The third-order valence-corrected chi connectivity index (χ3v) is 5.38. The zero-order valence-electron chi connectivity index (χ0n) is 15.7. The molecule has 0 aromatic carbocycles. The van der Waals surface area contributed by atoms with Crippen molar-refractivity contribution in [3.05, 3.63) is 23.8 Å². The van der Waals surface area contributed by atoms with Gasteiger partial charge in [0.2, 0.25) is 11.8 Å². The number of amides is 2. The van der Waals surface area contributed by atoms with Gasteiger partial charge in [0.05, 0.1) is 24.1 Å². The summed E-state index contributed by atoms with van der Waals surface area (Å²) in [4.78, 5) is 37.2. The zero-order valence-corrected chi connectivity index (χ0v) is 15.7. The third-order valence-electron chi connectivity index (χ3n) is 5.38. The lowest BCUT2D eigenvalue weighted by molar-refractivity contribution is -0.145. The Balaban J connectivity index is 1.66. The van der Waals surface area contributed by atoms with E-state index < -0.39 is 0 Å². The van der Waals surface area contributed by atoms with Crippen LogP contribution in [0.4, 0.5) is 0 Å². The topological polar surface area (TPSA) is 75.6 Å². The van der Waals surface area contributed by atoms with Crippen LogP contribution in [0.5, 0.6) is 0 Å². The molecule has 0 saturated carbocycles. The summed E-state index contributed by atoms with van der Waals surface area (Å²) in [6, 6.07) is 0. The molecule has 0 bridgehead atoms. The Morgan fingerprint density at radius 1 is 1.27 bits per heavy atom. The van der Waals surface area contributed by atoms with E-state index in [2.05, 4.69) is 9.97 Å². The first-order chi connectivity index (χ1) is 12.5. The lowest BCUT2D eigenvalue weighted by Crippen LogP contribution is -2.55. The molecule has 3 heterocycles. The standard InChI is InChI=1S/C19H28N4O3/c1-3-26-12-18(25)22-8-4-6-19(13-22)7-5-17(24)23(14-19)11-16-10-20-15(2)9-21-16/h9-10H,3-8,11-14H2,1-2H3. The second kappa shape index (κ2) is 8.12. The maximum Gasteiger partial charge on any atom is 0.248 e. The molecule has 0 radical (unpaired) electrons. The van der Waals surface area contributed by atoms with Gasteiger partial charge >= 0.3 is 0 Å². The van der Waals surface area contributed by atoms with E-state index in [1.54, 1.807) is 12.4 Å². The molecule has 1 aromatic rings. The number of aryl methyl sites for hydroxylation is 1. The highest BCUT2D eigenvalue weighted by Crippen LogP contribution is 2.39. The lowest BCUT2D eigenvalue weighted by Gasteiger charge is -2.48. The van der Waals surface area contributed by atoms with E-state index in [-0.39, 0.29) is 23.8 Å². The van der Waals surface area contributed by atoms with E-state index in [0.717, 1.165) is 37.2 Å². The predicted octanol–water partition coefficient (Wildman–Crippen LogP) is 1.55. The van der Waals surface area contributed by atoms with E-state index in [0.29, 0.717) is 32.7 Å². The van der Waals surface area contributed by atoms with Gasteiger partial charge in [-0.05, 0) is 33.1 Å². The van der Waals surface area contributed by atoms with E-state index in [4.69, 9.17) is 4.74 Å². The maximum atomic E-state index is 12.4. The largest absolute Gasteiger partial charge is 0.372 e. The van der Waals surface area contributed by atoms with Gasteiger partial charge in [-0.1, -0.05) is 0 Å². The van der Waals surface area contributed by atoms with Gasteiger partial charge < -0.3 is 14.5 Å². The first-order valence-electron chi connectivity index (χ1n) is 9.42. The van der Waals surface area contributed by atoms with Crippen molar-refractivity contribution in [2.45, 2.75) is 46.1 Å². The lowest BCUT2D eigenvalue weighted by atomic mass is 9.73. The first-order valence-corrected chi connectivity index (χ1v) is 9.42. The highest BCUT2D eigenvalue weighted by atomic mass is 16.5. The molecule has 2 fully saturated rings. The second-order valence-corrected chi connectivity index (χ2v) is 7.45. The van der Waals surface area contributed by atoms with Gasteiger partial charge in [-0.2, -0.15) is 0 Å². The minimum atomic E-state index is -0.00778. The molecule has 1 atom stereocenters. The Morgan fingerprint density at radius 3 is 2.85 bits per heavy atom. The van der Waals surface area contributed by atoms with Crippen molar-refractivity contribution < 1.29 is 14.3 Å². The van der Waals surface area contributed by atoms with Gasteiger partial charge in [0.25, 0.3) is 0 Å². The van der Waals surface area contributed by atoms with Gasteiger partial charge in [-0.15, -0.1) is 0 Å². The molecular formula is C19H28N4O3. The van der Waals surface area contributed by atoms with Crippen molar-refractivity contribution in [2.24, 2.45) is 5.41 Å². The fourth-order valence-corrected chi connectivity index (χ4v) is 3.98. The molecule has 0 N–H and O–H groups in total. The van der Waals surface area contributed by atoms with Gasteiger partial charge in [0.15, 0.2) is 0 Å². The Morgan fingerprint density at radius 2 is 2.12 bits per heavy atom. The van der Waals surface area contributed by atoms with Crippen LogP contribution in [0.15, 0.2) is 12.4 Å². The normalized spacial score (nSPS) is 23.5. The average molecular weight is 360 g/mol. The Bertz CT molecular complexity index is 649. The highest BCUT2D eigenvalue weighted by Gasteiger charge is 2.42. The van der Waals surface area contributed by atoms with E-state index in [1.807, 2.05) is 23.6 Å². The fraction of sp³-hybridized carbons (Fsp3) is 0.684. The van der Waals surface area contributed by atoms with Gasteiger partial charge in [-0.25, -0.2) is 0 Å². The smallest absolute Gasteiger partial charge is 0.248 e. The molecule has 142 valence electrons. The van der Waals surface area contributed by atoms with Crippen LogP contribution >= 0.6 is 0 Å². The maximum absolute atomic E-state index is 12.4. The quantitative estimate of drug-likeness (QED) is 0.796. The molecule has 3 rings (SSSR count). The Kier molecular flexibility index (Phi) is 5.86. The summed E-state index contributed by atoms with van der Waals surface area (Å²) in [6.07, 6.45) is 6.88. The number of nitrogens with zero attached hydrogens (tertiary/aromatic N) is 4. The van der Waals surface area contributed by atoms with Crippen LogP contribution in [0.3, 0.4) is 0 Å². The number of carbonyl (C=O) groups is 2. The second-order valence-electron chi connectivity index (χ2n) is 7.45. The van der Waals surface area contributed by atoms with Crippen LogP contribution < -0.4 is 0 Å². The molecule has 26 heavy (non-hydrogen) atoms. The summed E-state index contributed by atoms with van der Waals surface area (Å²) in [7, 11) is 0. The van der Waals surface area contributed by atoms with Crippen molar-refractivity contribution in [3.8, 4) is 0 Å². The number of rotatable bonds is 5. The number of likely N-dealkylation sites (tertiary alicyclic amines) is 2. The average Bonchev–Trinajstić information content (AvgIpc) is 2.65. The summed E-state index contributed by atoms with van der Waals surface area (Å²) in [6.45, 7) is 7.14. The van der Waals surface area contributed by atoms with E-state index in [1.165, 1.54) is 0 Å². The monoisotopic (exact) mass is 360 g/mol. The van der Waals surface area contributed by atoms with Crippen molar-refractivity contribution in [3.63, 3.8) is 0 Å². The van der Waals surface area contributed by atoms with Crippen molar-refractivity contribution in [2.75, 3.05) is 32.8 Å². The number of carbonyl (C=O) groups excluding carboxylic acids is 2. The van der Waals surface area contributed by atoms with Crippen LogP contribution in [0.1, 0.15) is 44.0 Å². The van der Waals surface area contributed by atoms with Gasteiger partial charge in [0, 0.05) is 44.3 Å². The Labute approximate surface area is 154 Å². The van der Waals surface area contributed by atoms with Gasteiger partial charge in [-0.3, -0.25) is 19.6 Å². The number of aromatic nitrogens is 2. The zero-order chi connectivity index (χ0) is 18.6. The first kappa shape index (κ1) is 18.8. The predicted molar refractivity (Wildman–Crippen MR) is 96.2 cm³/mol. The van der Waals surface area contributed by atoms with Crippen LogP contribution in [0.25, 0.3) is 0 Å². The van der Waals surface area contributed by atoms with Crippen LogP contribution in [-0.2, 0) is 20.9 Å². The fourth-order valence-electron chi connectivity index (χ4n) is 3.98. The Hall–Kier alpha value is -2.02. The van der Waals surface area contributed by atoms with Crippen molar-refractivity contribution in [1.29, 1.82) is 0 Å². The molecule has 1 spiro atoms. The van der Waals surface area contributed by atoms with Crippen LogP contribution in [-0.4, -0.2) is 64.4 Å². The van der Waals surface area contributed by atoms with Crippen LogP contribution in [0, 0.1) is 12.3 Å². The van der Waals surface area contributed by atoms with Crippen LogP contribution in [0.2, 0.25) is 0 Å². The van der Waals surface area contributed by atoms with Crippen molar-refractivity contribution >= 4 is 11.8 Å². The summed E-state index contributed by atoms with van der Waals surface area (Å²) in [5.74, 6) is 0.217. The summed E-state index contributed by atoms with van der Waals surface area (Å²) >= 11 is 0. The van der Waals surface area contributed by atoms with E-state index in [9.17, 15) is 9.59 Å². The molecule has 0 aliphatic carbocycles. The van der Waals surface area contributed by atoms with Gasteiger partial charge in [0.1, 0.15) is 6.61 Å². The molecule has 7 nitrogen and oxygen atoms in total. The summed E-state index contributed by atoms with van der Waals surface area (Å²) in [5.41, 5.74) is 1.67. The highest BCUT2D eigenvalue weighted by molar-refractivity contribution is 5.78. The SMILES string of the molecule is CCOCC(=O)N1CCCC2(CCC(=O)N(Cc3cnc(C)cn3)C2)C1. The minimum Gasteiger partial charge on any atom is -0.372 e. The molecular weight excluding hydrogens is 332 g/mol.